The summed E-state index contributed by atoms with van der Waals surface area (Å²) in [6, 6.07) is 6.76. The summed E-state index contributed by atoms with van der Waals surface area (Å²) in [7, 11) is -3.41. The summed E-state index contributed by atoms with van der Waals surface area (Å²) in [5, 5.41) is 8.81. The largest absolute Gasteiger partial charge is 0.295 e. The molecule has 1 aromatic heterocycles. The first-order chi connectivity index (χ1) is 12.1. The molecule has 0 saturated carbocycles. The average Bonchev–Trinajstić information content (AvgIpc) is 3.14. The van der Waals surface area contributed by atoms with E-state index in [2.05, 4.69) is 20.5 Å². The number of nitrogens with zero attached hydrogens (tertiary/aromatic N) is 3. The molecule has 0 aliphatic carbocycles. The number of hydrogen-bond donors (Lipinski definition) is 2. The normalized spacial score (nSPS) is 15.8. The van der Waals surface area contributed by atoms with Crippen LogP contribution in [0, 0.1) is 0 Å². The number of aromatic amines is 1. The minimum atomic E-state index is -3.41. The fraction of sp³-hybridized carbons (Fsp3) is 0.438. The molecular weight excluding hydrogens is 342 g/mol. The van der Waals surface area contributed by atoms with Gasteiger partial charge in [0.1, 0.15) is 6.33 Å². The van der Waals surface area contributed by atoms with E-state index in [-0.39, 0.29) is 12.3 Å². The van der Waals surface area contributed by atoms with Crippen LogP contribution < -0.4 is 5.32 Å². The zero-order valence-corrected chi connectivity index (χ0v) is 14.6. The van der Waals surface area contributed by atoms with Gasteiger partial charge in [0.05, 0.1) is 4.90 Å². The summed E-state index contributed by atoms with van der Waals surface area (Å²) in [6.07, 6.45) is 5.02. The summed E-state index contributed by atoms with van der Waals surface area (Å²) in [5.41, 5.74) is 0.908. The van der Waals surface area contributed by atoms with Crippen molar-refractivity contribution in [2.75, 3.05) is 18.4 Å². The van der Waals surface area contributed by atoms with E-state index in [1.807, 2.05) is 0 Å². The minimum Gasteiger partial charge on any atom is -0.295 e. The summed E-state index contributed by atoms with van der Waals surface area (Å²) in [4.78, 5) is 15.9. The SMILES string of the molecule is O=C(CCc1ccc(S(=O)(=O)N2CCCCC2)cc1)Nc1ncn[nH]1. The first-order valence-electron chi connectivity index (χ1n) is 8.30. The van der Waals surface area contributed by atoms with Crippen molar-refractivity contribution in [2.24, 2.45) is 0 Å². The summed E-state index contributed by atoms with van der Waals surface area (Å²) in [5.74, 6) is 0.134. The maximum atomic E-state index is 12.6. The second kappa shape index (κ2) is 7.75. The summed E-state index contributed by atoms with van der Waals surface area (Å²) < 4.78 is 26.7. The van der Waals surface area contributed by atoms with E-state index in [9.17, 15) is 13.2 Å². The van der Waals surface area contributed by atoms with Crippen molar-refractivity contribution < 1.29 is 13.2 Å². The van der Waals surface area contributed by atoms with Crippen LogP contribution in [-0.2, 0) is 21.2 Å². The molecule has 134 valence electrons. The molecule has 2 N–H and O–H groups in total. The third-order valence-corrected chi connectivity index (χ3v) is 6.10. The van der Waals surface area contributed by atoms with Crippen molar-refractivity contribution in [1.82, 2.24) is 19.5 Å². The van der Waals surface area contributed by atoms with Crippen molar-refractivity contribution >= 4 is 21.9 Å². The number of amides is 1. The lowest BCUT2D eigenvalue weighted by Gasteiger charge is -2.25. The number of H-pyrrole nitrogens is 1. The number of aryl methyl sites for hydroxylation is 1. The molecule has 0 radical (unpaired) electrons. The molecule has 1 amide bonds. The van der Waals surface area contributed by atoms with E-state index in [0.717, 1.165) is 24.8 Å². The van der Waals surface area contributed by atoms with Gasteiger partial charge in [-0.25, -0.2) is 13.5 Å². The van der Waals surface area contributed by atoms with Gasteiger partial charge < -0.3 is 0 Å². The molecule has 0 spiro atoms. The predicted octanol–water partition coefficient (Wildman–Crippen LogP) is 1.55. The van der Waals surface area contributed by atoms with E-state index < -0.39 is 10.0 Å². The average molecular weight is 363 g/mol. The molecule has 1 saturated heterocycles. The Balaban J connectivity index is 1.57. The number of piperidine rings is 1. The molecule has 2 aromatic rings. The Morgan fingerprint density at radius 2 is 1.88 bits per heavy atom. The number of hydrogen-bond acceptors (Lipinski definition) is 5. The number of sulfonamides is 1. The highest BCUT2D eigenvalue weighted by Gasteiger charge is 2.25. The van der Waals surface area contributed by atoms with Gasteiger partial charge >= 0.3 is 0 Å². The lowest BCUT2D eigenvalue weighted by atomic mass is 10.1. The zero-order chi connectivity index (χ0) is 17.7. The Kier molecular flexibility index (Phi) is 5.44. The van der Waals surface area contributed by atoms with Crippen LogP contribution in [0.2, 0.25) is 0 Å². The number of rotatable bonds is 6. The molecule has 8 nitrogen and oxygen atoms in total. The van der Waals surface area contributed by atoms with Crippen LogP contribution in [0.1, 0.15) is 31.2 Å². The molecule has 1 aliphatic rings. The molecule has 25 heavy (non-hydrogen) atoms. The van der Waals surface area contributed by atoms with E-state index in [0.29, 0.717) is 30.4 Å². The molecule has 9 heteroatoms. The van der Waals surface area contributed by atoms with Crippen molar-refractivity contribution in [3.05, 3.63) is 36.2 Å². The number of anilines is 1. The minimum absolute atomic E-state index is 0.179. The van der Waals surface area contributed by atoms with Crippen LogP contribution in [0.3, 0.4) is 0 Å². The summed E-state index contributed by atoms with van der Waals surface area (Å²) >= 11 is 0. The zero-order valence-electron chi connectivity index (χ0n) is 13.8. The highest BCUT2D eigenvalue weighted by molar-refractivity contribution is 7.89. The third kappa shape index (κ3) is 4.43. The van der Waals surface area contributed by atoms with Gasteiger partial charge in [0.15, 0.2) is 0 Å². The van der Waals surface area contributed by atoms with Gasteiger partial charge in [0.2, 0.25) is 21.9 Å². The fourth-order valence-corrected chi connectivity index (χ4v) is 4.32. The lowest BCUT2D eigenvalue weighted by molar-refractivity contribution is -0.116. The van der Waals surface area contributed by atoms with E-state index >= 15 is 0 Å². The maximum Gasteiger partial charge on any atom is 0.243 e. The molecule has 1 aliphatic heterocycles. The van der Waals surface area contributed by atoms with E-state index in [1.54, 1.807) is 28.6 Å². The predicted molar refractivity (Wildman–Crippen MR) is 92.4 cm³/mol. The van der Waals surface area contributed by atoms with E-state index in [1.165, 1.54) is 6.33 Å². The number of carbonyl (C=O) groups excluding carboxylic acids is 1. The number of benzene rings is 1. The molecular formula is C16H21N5O3S. The van der Waals surface area contributed by atoms with Gasteiger partial charge in [-0.3, -0.25) is 10.1 Å². The Hall–Kier alpha value is -2.26. The standard InChI is InChI=1S/C16H21N5O3S/c22-15(19-16-17-12-18-20-16)9-6-13-4-7-14(8-5-13)25(23,24)21-10-2-1-3-11-21/h4-5,7-8,12H,1-3,6,9-11H2,(H2,17,18,19,20,22). The Labute approximate surface area is 146 Å². The number of carbonyl (C=O) groups is 1. The Morgan fingerprint density at radius 3 is 2.52 bits per heavy atom. The quantitative estimate of drug-likeness (QED) is 0.809. The van der Waals surface area contributed by atoms with Gasteiger partial charge in [0, 0.05) is 19.5 Å². The lowest BCUT2D eigenvalue weighted by Crippen LogP contribution is -2.35. The van der Waals surface area contributed by atoms with Gasteiger partial charge in [0.25, 0.3) is 0 Å². The van der Waals surface area contributed by atoms with Gasteiger partial charge in [-0.2, -0.15) is 14.4 Å². The van der Waals surface area contributed by atoms with Gasteiger partial charge in [-0.05, 0) is 37.0 Å². The van der Waals surface area contributed by atoms with Crippen molar-refractivity contribution in [2.45, 2.75) is 37.0 Å². The molecule has 0 atom stereocenters. The van der Waals surface area contributed by atoms with Crippen LogP contribution in [-0.4, -0.2) is 46.9 Å². The van der Waals surface area contributed by atoms with Crippen LogP contribution in [0.4, 0.5) is 5.95 Å². The van der Waals surface area contributed by atoms with Gasteiger partial charge in [-0.15, -0.1) is 0 Å². The third-order valence-electron chi connectivity index (χ3n) is 4.19. The molecule has 0 unspecified atom stereocenters. The van der Waals surface area contributed by atoms with Crippen LogP contribution in [0.5, 0.6) is 0 Å². The first kappa shape index (κ1) is 17.6. The molecule has 1 fully saturated rings. The van der Waals surface area contributed by atoms with Crippen LogP contribution in [0.25, 0.3) is 0 Å². The second-order valence-corrected chi connectivity index (χ2v) is 7.93. The molecule has 2 heterocycles. The topological polar surface area (TPSA) is 108 Å². The molecule has 3 rings (SSSR count). The summed E-state index contributed by atoms with van der Waals surface area (Å²) in [6.45, 7) is 1.18. The second-order valence-electron chi connectivity index (χ2n) is 5.99. The molecule has 0 bridgehead atoms. The Bertz CT molecular complexity index is 797. The Morgan fingerprint density at radius 1 is 1.16 bits per heavy atom. The number of aromatic nitrogens is 3. The maximum absolute atomic E-state index is 12.6. The van der Waals surface area contributed by atoms with Crippen molar-refractivity contribution in [3.63, 3.8) is 0 Å². The van der Waals surface area contributed by atoms with Crippen molar-refractivity contribution in [1.29, 1.82) is 0 Å². The fourth-order valence-electron chi connectivity index (χ4n) is 2.80. The van der Waals surface area contributed by atoms with Gasteiger partial charge in [-0.1, -0.05) is 18.6 Å². The van der Waals surface area contributed by atoms with E-state index in [4.69, 9.17) is 0 Å². The highest BCUT2D eigenvalue weighted by Crippen LogP contribution is 2.21. The first-order valence-corrected chi connectivity index (χ1v) is 9.74. The molecule has 1 aromatic carbocycles. The highest BCUT2D eigenvalue weighted by atomic mass is 32.2. The van der Waals surface area contributed by atoms with Crippen LogP contribution in [0.15, 0.2) is 35.5 Å². The smallest absolute Gasteiger partial charge is 0.243 e. The monoisotopic (exact) mass is 363 g/mol. The number of nitrogens with one attached hydrogen (secondary N) is 2. The van der Waals surface area contributed by atoms with Crippen LogP contribution >= 0.6 is 0 Å². The van der Waals surface area contributed by atoms with Crippen molar-refractivity contribution in [3.8, 4) is 0 Å².